The highest BCUT2D eigenvalue weighted by molar-refractivity contribution is 9.10. The van der Waals surface area contributed by atoms with Gasteiger partial charge in [-0.15, -0.1) is 11.8 Å². The van der Waals surface area contributed by atoms with Gasteiger partial charge in [0.15, 0.2) is 0 Å². The average Bonchev–Trinajstić information content (AvgIpc) is 2.07. The maximum atomic E-state index is 4.29. The van der Waals surface area contributed by atoms with Gasteiger partial charge in [-0.3, -0.25) is 0 Å². The Morgan fingerprint density at radius 3 is 2.92 bits per heavy atom. The third-order valence-corrected chi connectivity index (χ3v) is 3.44. The summed E-state index contributed by atoms with van der Waals surface area (Å²) in [6.07, 6.45) is 3.06. The molecule has 12 heavy (non-hydrogen) atoms. The fourth-order valence-electron chi connectivity index (χ4n) is 0.799. The van der Waals surface area contributed by atoms with Gasteiger partial charge in [0.2, 0.25) is 0 Å². The van der Waals surface area contributed by atoms with E-state index in [0.717, 1.165) is 15.3 Å². The number of pyridine rings is 1. The third kappa shape index (κ3) is 2.79. The van der Waals surface area contributed by atoms with E-state index in [-0.39, 0.29) is 0 Å². The lowest BCUT2D eigenvalue weighted by Crippen LogP contribution is -1.84. The van der Waals surface area contributed by atoms with Crippen LogP contribution in [0.3, 0.4) is 0 Å². The van der Waals surface area contributed by atoms with Gasteiger partial charge in [0.05, 0.1) is 5.03 Å². The van der Waals surface area contributed by atoms with Crippen LogP contribution >= 0.6 is 27.7 Å². The highest BCUT2D eigenvalue weighted by Crippen LogP contribution is 2.21. The second-order valence-corrected chi connectivity index (χ2v) is 4.59. The molecule has 1 nitrogen and oxygen atoms in total. The lowest BCUT2D eigenvalue weighted by atomic mass is 10.3. The Bertz CT molecular complexity index is 263. The molecule has 0 saturated heterocycles. The molecule has 0 atom stereocenters. The van der Waals surface area contributed by atoms with E-state index in [4.69, 9.17) is 0 Å². The van der Waals surface area contributed by atoms with Gasteiger partial charge in [-0.1, -0.05) is 6.92 Å². The molecule has 0 aromatic carbocycles. The standard InChI is InChI=1S/C9H12BrNS/c1-3-4-12-9-5-7(2)8(10)6-11-9/h5-6H,3-4H2,1-2H3. The molecular formula is C9H12BrNS. The van der Waals surface area contributed by atoms with E-state index in [1.807, 2.05) is 18.0 Å². The second-order valence-electron chi connectivity index (χ2n) is 2.62. The number of aryl methyl sites for hydroxylation is 1. The minimum atomic E-state index is 1.09. The van der Waals surface area contributed by atoms with Gasteiger partial charge < -0.3 is 0 Å². The molecule has 0 bridgehead atoms. The van der Waals surface area contributed by atoms with Crippen molar-refractivity contribution in [2.75, 3.05) is 5.75 Å². The minimum absolute atomic E-state index is 1.09. The number of aromatic nitrogens is 1. The first-order chi connectivity index (χ1) is 5.74. The number of nitrogens with zero attached hydrogens (tertiary/aromatic N) is 1. The number of rotatable bonds is 3. The van der Waals surface area contributed by atoms with Gasteiger partial charge in [0.25, 0.3) is 0 Å². The molecule has 0 unspecified atom stereocenters. The van der Waals surface area contributed by atoms with Crippen LogP contribution in [0, 0.1) is 6.92 Å². The van der Waals surface area contributed by atoms with Crippen molar-refractivity contribution < 1.29 is 0 Å². The molecule has 0 aliphatic heterocycles. The molecule has 0 aliphatic carbocycles. The molecule has 0 aliphatic rings. The summed E-state index contributed by atoms with van der Waals surface area (Å²) < 4.78 is 1.09. The van der Waals surface area contributed by atoms with E-state index >= 15 is 0 Å². The van der Waals surface area contributed by atoms with Crippen molar-refractivity contribution in [1.82, 2.24) is 4.98 Å². The van der Waals surface area contributed by atoms with Crippen LogP contribution in [0.2, 0.25) is 0 Å². The van der Waals surface area contributed by atoms with Crippen LogP contribution in [0.15, 0.2) is 21.8 Å². The zero-order valence-electron chi connectivity index (χ0n) is 7.30. The molecule has 0 radical (unpaired) electrons. The first-order valence-corrected chi connectivity index (χ1v) is 5.77. The van der Waals surface area contributed by atoms with Crippen molar-refractivity contribution in [2.45, 2.75) is 25.3 Å². The third-order valence-electron chi connectivity index (χ3n) is 1.48. The van der Waals surface area contributed by atoms with Gasteiger partial charge in [-0.2, -0.15) is 0 Å². The van der Waals surface area contributed by atoms with Gasteiger partial charge in [-0.05, 0) is 46.7 Å². The van der Waals surface area contributed by atoms with Crippen LogP contribution in [-0.2, 0) is 0 Å². The van der Waals surface area contributed by atoms with E-state index in [9.17, 15) is 0 Å². The quantitative estimate of drug-likeness (QED) is 0.755. The van der Waals surface area contributed by atoms with Gasteiger partial charge >= 0.3 is 0 Å². The fourth-order valence-corrected chi connectivity index (χ4v) is 1.82. The summed E-state index contributed by atoms with van der Waals surface area (Å²) in [6, 6.07) is 2.12. The van der Waals surface area contributed by atoms with Gasteiger partial charge in [0, 0.05) is 10.7 Å². The Kier molecular flexibility index (Phi) is 4.09. The molecule has 1 rings (SSSR count). The van der Waals surface area contributed by atoms with Gasteiger partial charge in [-0.25, -0.2) is 4.98 Å². The average molecular weight is 246 g/mol. The molecule has 1 aromatic rings. The monoisotopic (exact) mass is 245 g/mol. The topological polar surface area (TPSA) is 12.9 Å². The smallest absolute Gasteiger partial charge is 0.0963 e. The summed E-state index contributed by atoms with van der Waals surface area (Å²) in [7, 11) is 0. The summed E-state index contributed by atoms with van der Waals surface area (Å²) in [6.45, 7) is 4.26. The Labute approximate surface area is 86.1 Å². The molecule has 0 spiro atoms. The van der Waals surface area contributed by atoms with Crippen molar-refractivity contribution in [3.05, 3.63) is 22.3 Å². The number of hydrogen-bond acceptors (Lipinski definition) is 2. The zero-order chi connectivity index (χ0) is 8.97. The molecule has 1 aromatic heterocycles. The number of hydrogen-bond donors (Lipinski definition) is 0. The molecule has 3 heteroatoms. The highest BCUT2D eigenvalue weighted by Gasteiger charge is 1.98. The summed E-state index contributed by atoms with van der Waals surface area (Å²) in [5.41, 5.74) is 1.25. The van der Waals surface area contributed by atoms with Crippen molar-refractivity contribution in [1.29, 1.82) is 0 Å². The largest absolute Gasteiger partial charge is 0.249 e. The van der Waals surface area contributed by atoms with Crippen LogP contribution in [0.1, 0.15) is 18.9 Å². The minimum Gasteiger partial charge on any atom is -0.249 e. The van der Waals surface area contributed by atoms with Crippen molar-refractivity contribution in [3.63, 3.8) is 0 Å². The van der Waals surface area contributed by atoms with E-state index in [0.29, 0.717) is 0 Å². The molecule has 0 saturated carbocycles. The molecule has 1 heterocycles. The van der Waals surface area contributed by atoms with Crippen molar-refractivity contribution >= 4 is 27.7 Å². The van der Waals surface area contributed by atoms with Crippen molar-refractivity contribution in [3.8, 4) is 0 Å². The van der Waals surface area contributed by atoms with Crippen LogP contribution in [0.4, 0.5) is 0 Å². The van der Waals surface area contributed by atoms with Crippen LogP contribution in [0.5, 0.6) is 0 Å². The normalized spacial score (nSPS) is 10.2. The van der Waals surface area contributed by atoms with E-state index in [1.165, 1.54) is 12.0 Å². The lowest BCUT2D eigenvalue weighted by Gasteiger charge is -2.01. The number of thioether (sulfide) groups is 1. The second kappa shape index (κ2) is 4.87. The predicted molar refractivity (Wildman–Crippen MR) is 57.7 cm³/mol. The van der Waals surface area contributed by atoms with Crippen LogP contribution in [0.25, 0.3) is 0 Å². The summed E-state index contributed by atoms with van der Waals surface area (Å²) in [5, 5.41) is 1.12. The summed E-state index contributed by atoms with van der Waals surface area (Å²) in [5.74, 6) is 1.15. The van der Waals surface area contributed by atoms with E-state index in [1.54, 1.807) is 0 Å². The van der Waals surface area contributed by atoms with E-state index in [2.05, 4.69) is 40.8 Å². The first-order valence-electron chi connectivity index (χ1n) is 3.99. The molecule has 0 fully saturated rings. The molecular weight excluding hydrogens is 234 g/mol. The maximum Gasteiger partial charge on any atom is 0.0963 e. The number of halogens is 1. The zero-order valence-corrected chi connectivity index (χ0v) is 9.70. The summed E-state index contributed by atoms with van der Waals surface area (Å²) in [4.78, 5) is 4.29. The maximum absolute atomic E-state index is 4.29. The molecule has 66 valence electrons. The SMILES string of the molecule is CCCSc1cc(C)c(Br)cn1. The Hall–Kier alpha value is -0.0200. The van der Waals surface area contributed by atoms with Crippen LogP contribution in [-0.4, -0.2) is 10.7 Å². The summed E-state index contributed by atoms with van der Waals surface area (Å²) >= 11 is 5.24. The fraction of sp³-hybridized carbons (Fsp3) is 0.444. The highest BCUT2D eigenvalue weighted by atomic mass is 79.9. The Balaban J connectivity index is 2.69. The van der Waals surface area contributed by atoms with E-state index < -0.39 is 0 Å². The molecule has 0 amide bonds. The van der Waals surface area contributed by atoms with Gasteiger partial charge in [0.1, 0.15) is 0 Å². The van der Waals surface area contributed by atoms with Crippen LogP contribution < -0.4 is 0 Å². The predicted octanol–water partition coefficient (Wildman–Crippen LogP) is 3.65. The lowest BCUT2D eigenvalue weighted by molar-refractivity contribution is 1.07. The van der Waals surface area contributed by atoms with Crippen molar-refractivity contribution in [2.24, 2.45) is 0 Å². The first kappa shape index (κ1) is 10.1. The Morgan fingerprint density at radius 1 is 1.58 bits per heavy atom. The molecule has 0 N–H and O–H groups in total. The Morgan fingerprint density at radius 2 is 2.33 bits per heavy atom.